The lowest BCUT2D eigenvalue weighted by atomic mass is 9.86. The van der Waals surface area contributed by atoms with Crippen molar-refractivity contribution in [1.29, 1.82) is 0 Å². The van der Waals surface area contributed by atoms with Crippen LogP contribution in [0.3, 0.4) is 0 Å². The molecule has 0 bridgehead atoms. The largest absolute Gasteiger partial charge is 0.395 e. The van der Waals surface area contributed by atoms with Crippen molar-refractivity contribution >= 4 is 0 Å². The van der Waals surface area contributed by atoms with Crippen LogP contribution in [-0.2, 0) is 4.74 Å². The molecule has 0 saturated carbocycles. The molecular weight excluding hydrogens is 216 g/mol. The molecular formula is C13H28N2O2. The summed E-state index contributed by atoms with van der Waals surface area (Å²) in [5, 5.41) is 12.6. The van der Waals surface area contributed by atoms with Gasteiger partial charge >= 0.3 is 0 Å². The van der Waals surface area contributed by atoms with Crippen LogP contribution < -0.4 is 5.32 Å². The third-order valence-electron chi connectivity index (χ3n) is 3.59. The number of aliphatic hydroxyl groups excluding tert-OH is 1. The third-order valence-corrected chi connectivity index (χ3v) is 3.59. The van der Waals surface area contributed by atoms with E-state index in [0.717, 1.165) is 45.8 Å². The minimum absolute atomic E-state index is 0.232. The Morgan fingerprint density at radius 2 is 2.24 bits per heavy atom. The van der Waals surface area contributed by atoms with Crippen LogP contribution >= 0.6 is 0 Å². The first-order valence-electron chi connectivity index (χ1n) is 6.77. The van der Waals surface area contributed by atoms with E-state index in [4.69, 9.17) is 9.84 Å². The van der Waals surface area contributed by atoms with Gasteiger partial charge in [0, 0.05) is 37.7 Å². The maximum absolute atomic E-state index is 9.13. The highest BCUT2D eigenvalue weighted by Crippen LogP contribution is 2.29. The molecule has 1 fully saturated rings. The first kappa shape index (κ1) is 14.9. The fourth-order valence-corrected chi connectivity index (χ4v) is 2.44. The number of ether oxygens (including phenoxy) is 1. The van der Waals surface area contributed by atoms with Gasteiger partial charge in [-0.15, -0.1) is 0 Å². The molecule has 102 valence electrons. The van der Waals surface area contributed by atoms with Gasteiger partial charge in [0.25, 0.3) is 0 Å². The molecule has 0 spiro atoms. The Bertz CT molecular complexity index is 204. The molecule has 1 heterocycles. The van der Waals surface area contributed by atoms with Gasteiger partial charge < -0.3 is 15.2 Å². The fraction of sp³-hybridized carbons (Fsp3) is 1.00. The average Bonchev–Trinajstić information content (AvgIpc) is 2.75. The first-order chi connectivity index (χ1) is 8.13. The maximum atomic E-state index is 9.13. The number of hydrogen-bond acceptors (Lipinski definition) is 4. The summed E-state index contributed by atoms with van der Waals surface area (Å²) in [7, 11) is 0. The van der Waals surface area contributed by atoms with E-state index >= 15 is 0 Å². The van der Waals surface area contributed by atoms with Crippen molar-refractivity contribution in [2.45, 2.75) is 33.2 Å². The van der Waals surface area contributed by atoms with Crippen LogP contribution in [0.25, 0.3) is 0 Å². The SMILES string of the molecule is CCNCC1(CN(CCO)C(C)C)CCOC1. The highest BCUT2D eigenvalue weighted by molar-refractivity contribution is 4.89. The zero-order valence-electron chi connectivity index (χ0n) is 11.5. The van der Waals surface area contributed by atoms with Crippen LogP contribution in [0, 0.1) is 5.41 Å². The monoisotopic (exact) mass is 244 g/mol. The topological polar surface area (TPSA) is 44.7 Å². The number of rotatable bonds is 8. The molecule has 1 rings (SSSR count). The van der Waals surface area contributed by atoms with E-state index in [0.29, 0.717) is 6.04 Å². The standard InChI is InChI=1S/C13H28N2O2/c1-4-14-9-13(5-8-17-11-13)10-15(6-7-16)12(2)3/h12,14,16H,4-11H2,1-3H3. The highest BCUT2D eigenvalue weighted by Gasteiger charge is 2.36. The molecule has 0 amide bonds. The van der Waals surface area contributed by atoms with Crippen molar-refractivity contribution in [3.63, 3.8) is 0 Å². The van der Waals surface area contributed by atoms with Crippen molar-refractivity contribution in [3.05, 3.63) is 0 Å². The van der Waals surface area contributed by atoms with Gasteiger partial charge in [-0.1, -0.05) is 6.92 Å². The summed E-state index contributed by atoms with van der Waals surface area (Å²) < 4.78 is 5.59. The molecule has 1 atom stereocenters. The predicted octanol–water partition coefficient (Wildman–Crippen LogP) is 0.705. The number of nitrogens with zero attached hydrogens (tertiary/aromatic N) is 1. The summed E-state index contributed by atoms with van der Waals surface area (Å²) in [5.74, 6) is 0. The fourth-order valence-electron chi connectivity index (χ4n) is 2.44. The molecule has 0 aromatic rings. The van der Waals surface area contributed by atoms with Crippen LogP contribution in [0.2, 0.25) is 0 Å². The second kappa shape index (κ2) is 7.31. The Balaban J connectivity index is 2.57. The Morgan fingerprint density at radius 3 is 2.71 bits per heavy atom. The first-order valence-corrected chi connectivity index (χ1v) is 6.77. The predicted molar refractivity (Wildman–Crippen MR) is 70.2 cm³/mol. The zero-order valence-corrected chi connectivity index (χ0v) is 11.5. The van der Waals surface area contributed by atoms with E-state index in [1.165, 1.54) is 0 Å². The second-order valence-electron chi connectivity index (χ2n) is 5.37. The summed E-state index contributed by atoms with van der Waals surface area (Å²) in [5.41, 5.74) is 0.232. The summed E-state index contributed by atoms with van der Waals surface area (Å²) in [4.78, 5) is 2.35. The molecule has 0 aliphatic carbocycles. The molecule has 0 radical (unpaired) electrons. The van der Waals surface area contributed by atoms with Crippen molar-refractivity contribution in [3.8, 4) is 0 Å². The molecule has 17 heavy (non-hydrogen) atoms. The van der Waals surface area contributed by atoms with E-state index < -0.39 is 0 Å². The summed E-state index contributed by atoms with van der Waals surface area (Å²) in [6, 6.07) is 0.473. The zero-order chi connectivity index (χ0) is 12.7. The molecule has 0 aromatic heterocycles. The lowest BCUT2D eigenvalue weighted by Gasteiger charge is -2.36. The Kier molecular flexibility index (Phi) is 6.41. The lowest BCUT2D eigenvalue weighted by Crippen LogP contribution is -2.47. The normalized spacial score (nSPS) is 25.1. The van der Waals surface area contributed by atoms with Crippen LogP contribution in [-0.4, -0.2) is 62.0 Å². The van der Waals surface area contributed by atoms with Crippen molar-refractivity contribution in [2.24, 2.45) is 5.41 Å². The van der Waals surface area contributed by atoms with E-state index in [1.54, 1.807) is 0 Å². The highest BCUT2D eigenvalue weighted by atomic mass is 16.5. The van der Waals surface area contributed by atoms with Gasteiger partial charge in [-0.3, -0.25) is 4.90 Å². The van der Waals surface area contributed by atoms with Crippen molar-refractivity contribution < 1.29 is 9.84 Å². The molecule has 1 saturated heterocycles. The van der Waals surface area contributed by atoms with Crippen LogP contribution in [0.5, 0.6) is 0 Å². The molecule has 1 aliphatic heterocycles. The molecule has 4 heteroatoms. The summed E-state index contributed by atoms with van der Waals surface area (Å²) in [6.07, 6.45) is 1.12. The molecule has 4 nitrogen and oxygen atoms in total. The van der Waals surface area contributed by atoms with Crippen molar-refractivity contribution in [2.75, 3.05) is 46.0 Å². The van der Waals surface area contributed by atoms with E-state index in [9.17, 15) is 0 Å². The molecule has 2 N–H and O–H groups in total. The quantitative estimate of drug-likeness (QED) is 0.660. The number of hydrogen-bond donors (Lipinski definition) is 2. The van der Waals surface area contributed by atoms with Crippen LogP contribution in [0.15, 0.2) is 0 Å². The lowest BCUT2D eigenvalue weighted by molar-refractivity contribution is 0.0804. The Labute approximate surface area is 105 Å². The smallest absolute Gasteiger partial charge is 0.0558 e. The summed E-state index contributed by atoms with van der Waals surface area (Å²) in [6.45, 7) is 12.2. The van der Waals surface area contributed by atoms with Gasteiger partial charge in [-0.05, 0) is 26.8 Å². The molecule has 0 aromatic carbocycles. The minimum Gasteiger partial charge on any atom is -0.395 e. The van der Waals surface area contributed by atoms with Gasteiger partial charge in [-0.2, -0.15) is 0 Å². The second-order valence-corrected chi connectivity index (χ2v) is 5.37. The van der Waals surface area contributed by atoms with Gasteiger partial charge in [0.05, 0.1) is 13.2 Å². The third kappa shape index (κ3) is 4.54. The number of nitrogens with one attached hydrogen (secondary N) is 1. The Hall–Kier alpha value is -0.160. The maximum Gasteiger partial charge on any atom is 0.0558 e. The van der Waals surface area contributed by atoms with Crippen LogP contribution in [0.1, 0.15) is 27.2 Å². The van der Waals surface area contributed by atoms with Gasteiger partial charge in [-0.25, -0.2) is 0 Å². The van der Waals surface area contributed by atoms with Crippen LogP contribution in [0.4, 0.5) is 0 Å². The molecule has 1 aliphatic rings. The van der Waals surface area contributed by atoms with Crippen molar-refractivity contribution in [1.82, 2.24) is 10.2 Å². The number of aliphatic hydroxyl groups is 1. The Morgan fingerprint density at radius 1 is 1.47 bits per heavy atom. The molecule has 1 unspecified atom stereocenters. The minimum atomic E-state index is 0.232. The van der Waals surface area contributed by atoms with E-state index in [-0.39, 0.29) is 12.0 Å². The van der Waals surface area contributed by atoms with E-state index in [2.05, 4.69) is 31.0 Å². The van der Waals surface area contributed by atoms with E-state index in [1.807, 2.05) is 0 Å². The van der Waals surface area contributed by atoms with Gasteiger partial charge in [0.15, 0.2) is 0 Å². The summed E-state index contributed by atoms with van der Waals surface area (Å²) >= 11 is 0. The van der Waals surface area contributed by atoms with Gasteiger partial charge in [0.2, 0.25) is 0 Å². The van der Waals surface area contributed by atoms with Gasteiger partial charge in [0.1, 0.15) is 0 Å². The average molecular weight is 244 g/mol.